The van der Waals surface area contributed by atoms with Crippen LogP contribution in [-0.4, -0.2) is 24.1 Å². The zero-order valence-corrected chi connectivity index (χ0v) is 46.3. The third-order valence-corrected chi connectivity index (χ3v) is 14.1. The molecule has 0 radical (unpaired) electrons. The van der Waals surface area contributed by atoms with Gasteiger partial charge in [0.1, 0.15) is 64.2 Å². The lowest BCUT2D eigenvalue weighted by Crippen LogP contribution is -2.41. The van der Waals surface area contributed by atoms with Crippen LogP contribution in [0.25, 0.3) is 0 Å². The number of carbonyl (C=O) groups excluding carboxylic acids is 2. The normalized spacial score (nSPS) is 13.3. The summed E-state index contributed by atoms with van der Waals surface area (Å²) >= 11 is 0. The molecule has 0 bridgehead atoms. The zero-order chi connectivity index (χ0) is 57.1. The molecule has 0 heterocycles. The van der Waals surface area contributed by atoms with Gasteiger partial charge in [-0.2, -0.15) is 0 Å². The van der Waals surface area contributed by atoms with Crippen molar-refractivity contribution in [3.05, 3.63) is 316 Å². The Morgan fingerprint density at radius 2 is 0.548 bits per heavy atom. The summed E-state index contributed by atoms with van der Waals surface area (Å²) in [5, 5.41) is 0. The highest BCUT2D eigenvalue weighted by Gasteiger charge is 2.36. The number of carbonyl (C=O) groups is 2. The van der Waals surface area contributed by atoms with Crippen LogP contribution in [0.2, 0.25) is 0 Å². The summed E-state index contributed by atoms with van der Waals surface area (Å²) in [7, 11) is 0. The minimum absolute atomic E-state index is 0.135. The van der Waals surface area contributed by atoms with Crippen molar-refractivity contribution in [1.82, 2.24) is 0 Å². The Hall–Kier alpha value is -10.3. The van der Waals surface area contributed by atoms with Gasteiger partial charge in [0.2, 0.25) is 11.5 Å². The number of hydrogen-bond acceptors (Lipinski definition) is 11. The van der Waals surface area contributed by atoms with E-state index in [0.717, 1.165) is 50.1 Å². The van der Waals surface area contributed by atoms with Crippen molar-refractivity contribution in [3.8, 4) is 40.2 Å². The summed E-state index contributed by atoms with van der Waals surface area (Å²) in [5.74, 6) is 0.999. The number of benzene rings is 10. The van der Waals surface area contributed by atoms with Gasteiger partial charge < -0.3 is 42.6 Å². The molecule has 0 aliphatic heterocycles. The molecule has 1 aliphatic carbocycles. The molecule has 11 heteroatoms. The van der Waals surface area contributed by atoms with Crippen LogP contribution in [0.5, 0.6) is 40.2 Å². The number of hydrogen-bond donors (Lipinski definition) is 0. The molecule has 0 saturated heterocycles. The van der Waals surface area contributed by atoms with Gasteiger partial charge >= 0.3 is 11.9 Å². The number of rotatable bonds is 25. The minimum Gasteiger partial charge on any atom is -0.489 e. The van der Waals surface area contributed by atoms with Crippen LogP contribution in [0.1, 0.15) is 70.8 Å². The molecule has 420 valence electrons. The van der Waals surface area contributed by atoms with Gasteiger partial charge in [0.25, 0.3) is 0 Å². The second-order valence-electron chi connectivity index (χ2n) is 20.2. The van der Waals surface area contributed by atoms with Crippen LogP contribution in [0.4, 0.5) is 0 Å². The molecule has 1 aliphatic rings. The highest BCUT2D eigenvalue weighted by atomic mass is 16.6. The first-order valence-electron chi connectivity index (χ1n) is 28.0. The monoisotopic (exact) mass is 1110 g/mol. The number of fused-ring (bicyclic) bond motifs is 1. The lowest BCUT2D eigenvalue weighted by molar-refractivity contribution is -0.0390. The van der Waals surface area contributed by atoms with Gasteiger partial charge in [-0.25, -0.2) is 9.59 Å². The molecule has 0 amide bonds. The maximum absolute atomic E-state index is 15.1. The van der Waals surface area contributed by atoms with E-state index in [0.29, 0.717) is 23.9 Å². The van der Waals surface area contributed by atoms with Crippen LogP contribution < -0.4 is 33.2 Å². The predicted molar refractivity (Wildman–Crippen MR) is 321 cm³/mol. The second kappa shape index (κ2) is 27.9. The summed E-state index contributed by atoms with van der Waals surface area (Å²) in [4.78, 5) is 30.1. The molecule has 10 aromatic rings. The molecule has 0 N–H and O–H groups in total. The van der Waals surface area contributed by atoms with Crippen molar-refractivity contribution in [2.24, 2.45) is 0 Å². The van der Waals surface area contributed by atoms with Crippen LogP contribution in [0, 0.1) is 0 Å². The second-order valence-corrected chi connectivity index (χ2v) is 20.2. The van der Waals surface area contributed by atoms with Crippen molar-refractivity contribution in [2.75, 3.05) is 0 Å². The first kappa shape index (κ1) is 55.6. The summed E-state index contributed by atoms with van der Waals surface area (Å²) in [5.41, 5.74) is 8.55. The van der Waals surface area contributed by atoms with E-state index in [9.17, 15) is 0 Å². The summed E-state index contributed by atoms with van der Waals surface area (Å²) in [6.07, 6.45) is -1.53. The fraction of sp³-hybridized carbons (Fsp3) is 0.151. The SMILES string of the molecule is O=C(O[C@H]1Cc2cc(OCc3ccccc3)ccc2C[C@H]1OC(=O)c1cc(OCc2ccccc2)c(OCc2ccccc2)c(OCc2ccccc2)c1)c1cc(OCc2ccccc2)c(OCc2ccccc2)c(OCc2ccccc2)c1. The van der Waals surface area contributed by atoms with E-state index >= 15 is 9.59 Å². The van der Waals surface area contributed by atoms with Gasteiger partial charge in [0, 0.05) is 12.8 Å². The largest absolute Gasteiger partial charge is 0.489 e. The Labute approximate surface area is 489 Å². The molecular formula is C73H62O11. The van der Waals surface area contributed by atoms with Crippen LogP contribution in [-0.2, 0) is 68.6 Å². The molecule has 0 saturated carbocycles. The molecule has 10 aromatic carbocycles. The zero-order valence-electron chi connectivity index (χ0n) is 46.3. The van der Waals surface area contributed by atoms with Crippen LogP contribution in [0.15, 0.2) is 255 Å². The summed E-state index contributed by atoms with van der Waals surface area (Å²) < 4.78 is 58.7. The molecule has 0 spiro atoms. The van der Waals surface area contributed by atoms with Crippen molar-refractivity contribution < 1.29 is 52.2 Å². The van der Waals surface area contributed by atoms with E-state index in [4.69, 9.17) is 42.6 Å². The van der Waals surface area contributed by atoms with Crippen molar-refractivity contribution in [1.29, 1.82) is 0 Å². The highest BCUT2D eigenvalue weighted by Crippen LogP contribution is 2.43. The van der Waals surface area contributed by atoms with E-state index in [1.807, 2.05) is 231 Å². The maximum Gasteiger partial charge on any atom is 0.338 e. The van der Waals surface area contributed by atoms with Gasteiger partial charge in [-0.15, -0.1) is 0 Å². The highest BCUT2D eigenvalue weighted by molar-refractivity contribution is 5.92. The molecule has 0 aromatic heterocycles. The topological polar surface area (TPSA) is 117 Å². The standard InChI is InChI=1S/C73H62O11/c74-72(61-41-66(77-46-53-24-10-2-11-25-53)70(81-50-57-32-18-6-19-33-57)67(42-61)78-47-54-26-12-3-13-27-54)83-64-39-59-36-37-63(76-45-52-22-8-1-9-23-52)38-60(59)40-65(64)84-73(75)62-43-68(79-48-55-28-14-4-15-29-55)71(82-51-58-34-20-7-21-35-58)69(44-62)80-49-56-30-16-5-17-31-56/h1-38,41-44,64-65H,39-40,45-51H2/t64-,65+/m1/s1. The average molecular weight is 1120 g/mol. The van der Waals surface area contributed by atoms with E-state index in [1.165, 1.54) is 0 Å². The molecule has 2 atom stereocenters. The van der Waals surface area contributed by atoms with E-state index in [1.54, 1.807) is 24.3 Å². The molecule has 11 rings (SSSR count). The fourth-order valence-electron chi connectivity index (χ4n) is 9.67. The van der Waals surface area contributed by atoms with Crippen molar-refractivity contribution in [3.63, 3.8) is 0 Å². The average Bonchev–Trinajstić information content (AvgIpc) is 2.90. The quantitative estimate of drug-likeness (QED) is 0.0509. The molecular weight excluding hydrogens is 1050 g/mol. The first-order chi connectivity index (χ1) is 41.4. The third-order valence-electron chi connectivity index (χ3n) is 14.1. The first-order valence-corrected chi connectivity index (χ1v) is 28.0. The predicted octanol–water partition coefficient (Wildman–Crippen LogP) is 15.3. The Morgan fingerprint density at radius 1 is 0.286 bits per heavy atom. The lowest BCUT2D eigenvalue weighted by atomic mass is 9.87. The molecule has 0 unspecified atom stereocenters. The fourth-order valence-corrected chi connectivity index (χ4v) is 9.67. The third kappa shape index (κ3) is 15.2. The molecule has 0 fully saturated rings. The van der Waals surface area contributed by atoms with E-state index in [2.05, 4.69) is 0 Å². The summed E-state index contributed by atoms with van der Waals surface area (Å²) in [6.45, 7) is 1.44. The maximum atomic E-state index is 15.1. The van der Waals surface area contributed by atoms with Crippen LogP contribution >= 0.6 is 0 Å². The van der Waals surface area contributed by atoms with Gasteiger partial charge in [0.05, 0.1) is 11.1 Å². The Bertz CT molecular complexity index is 3590. The van der Waals surface area contributed by atoms with Gasteiger partial charge in [-0.05, 0) is 86.5 Å². The molecule has 84 heavy (non-hydrogen) atoms. The Morgan fingerprint density at radius 3 is 0.845 bits per heavy atom. The van der Waals surface area contributed by atoms with Gasteiger partial charge in [0.15, 0.2) is 23.0 Å². The van der Waals surface area contributed by atoms with Crippen molar-refractivity contribution in [2.45, 2.75) is 71.3 Å². The Kier molecular flexibility index (Phi) is 18.5. The van der Waals surface area contributed by atoms with Crippen LogP contribution in [0.3, 0.4) is 0 Å². The number of ether oxygens (including phenoxy) is 9. The minimum atomic E-state index is -0.981. The Balaban J connectivity index is 0.937. The van der Waals surface area contributed by atoms with E-state index in [-0.39, 0.29) is 86.6 Å². The van der Waals surface area contributed by atoms with Crippen molar-refractivity contribution >= 4 is 11.9 Å². The smallest absolute Gasteiger partial charge is 0.338 e. The van der Waals surface area contributed by atoms with E-state index < -0.39 is 24.1 Å². The van der Waals surface area contributed by atoms with Gasteiger partial charge in [-0.3, -0.25) is 0 Å². The van der Waals surface area contributed by atoms with Gasteiger partial charge in [-0.1, -0.05) is 218 Å². The molecule has 11 nitrogen and oxygen atoms in total. The summed E-state index contributed by atoms with van der Waals surface area (Å²) in [6, 6.07) is 80.7. The lowest BCUT2D eigenvalue weighted by Gasteiger charge is -2.32. The number of esters is 2.